The molecule has 2 aromatic heterocycles. The molecule has 1 N–H and O–H groups in total. The van der Waals surface area contributed by atoms with Crippen LogP contribution in [0.4, 0.5) is 0 Å². The molecule has 3 aromatic rings. The lowest BCUT2D eigenvalue weighted by atomic mass is 9.89. The fourth-order valence-corrected chi connectivity index (χ4v) is 6.09. The standard InChI is InChI=1S/C24H30N4O4S/c1-4-28(5-2)33(30,31)18-8-9-22(32-3)20(15-18)24(29)27-13-10-17(11-14-27)21-16-26-23-19(21)7-6-12-25-23/h6-9,12,15-17H,4-5,10-11,13-14H2,1-3H3,(H,25,26). The van der Waals surface area contributed by atoms with Crippen LogP contribution in [0.2, 0.25) is 0 Å². The Bertz CT molecular complexity index is 1240. The summed E-state index contributed by atoms with van der Waals surface area (Å²) < 4.78 is 32.7. The number of nitrogens with one attached hydrogen (secondary N) is 1. The highest BCUT2D eigenvalue weighted by Crippen LogP contribution is 2.34. The van der Waals surface area contributed by atoms with Gasteiger partial charge in [0.05, 0.1) is 17.6 Å². The fourth-order valence-electron chi connectivity index (χ4n) is 4.61. The molecule has 1 aliphatic rings. The minimum absolute atomic E-state index is 0.108. The molecular formula is C24H30N4O4S. The van der Waals surface area contributed by atoms with E-state index in [1.165, 1.54) is 29.1 Å². The molecule has 1 aromatic carbocycles. The number of amides is 1. The topological polar surface area (TPSA) is 95.6 Å². The molecule has 8 nitrogen and oxygen atoms in total. The quantitative estimate of drug-likeness (QED) is 0.569. The summed E-state index contributed by atoms with van der Waals surface area (Å²) in [5.74, 6) is 0.508. The van der Waals surface area contributed by atoms with Crippen molar-refractivity contribution in [3.8, 4) is 5.75 Å². The van der Waals surface area contributed by atoms with Crippen LogP contribution in [0.5, 0.6) is 5.75 Å². The number of nitrogens with zero attached hydrogens (tertiary/aromatic N) is 3. The van der Waals surface area contributed by atoms with E-state index in [1.807, 2.05) is 12.3 Å². The summed E-state index contributed by atoms with van der Waals surface area (Å²) >= 11 is 0. The molecule has 1 fully saturated rings. The number of carbonyl (C=O) groups excluding carboxylic acids is 1. The summed E-state index contributed by atoms with van der Waals surface area (Å²) in [6.07, 6.45) is 5.44. The summed E-state index contributed by atoms with van der Waals surface area (Å²) in [5, 5.41) is 1.12. The van der Waals surface area contributed by atoms with E-state index < -0.39 is 10.0 Å². The third-order valence-electron chi connectivity index (χ3n) is 6.45. The Balaban J connectivity index is 1.55. The molecule has 0 spiro atoms. The molecule has 9 heteroatoms. The van der Waals surface area contributed by atoms with Crippen LogP contribution in [0, 0.1) is 0 Å². The number of pyridine rings is 1. The van der Waals surface area contributed by atoms with Crippen molar-refractivity contribution in [3.05, 3.63) is 53.9 Å². The Morgan fingerprint density at radius 2 is 1.94 bits per heavy atom. The van der Waals surface area contributed by atoms with E-state index in [1.54, 1.807) is 31.0 Å². The monoisotopic (exact) mass is 470 g/mol. The SMILES string of the molecule is CCN(CC)S(=O)(=O)c1ccc(OC)c(C(=O)N2CCC(c3c[nH]c4ncccc34)CC2)c1. The van der Waals surface area contributed by atoms with E-state index >= 15 is 0 Å². The lowest BCUT2D eigenvalue weighted by molar-refractivity contribution is 0.0709. The Labute approximate surface area is 194 Å². The number of benzene rings is 1. The van der Waals surface area contributed by atoms with Gasteiger partial charge < -0.3 is 14.6 Å². The van der Waals surface area contributed by atoms with Gasteiger partial charge in [-0.15, -0.1) is 0 Å². The number of H-pyrrole nitrogens is 1. The van der Waals surface area contributed by atoms with Crippen LogP contribution in [-0.4, -0.2) is 66.8 Å². The maximum absolute atomic E-state index is 13.4. The minimum atomic E-state index is -3.67. The van der Waals surface area contributed by atoms with Crippen LogP contribution >= 0.6 is 0 Å². The van der Waals surface area contributed by atoms with Gasteiger partial charge in [-0.2, -0.15) is 4.31 Å². The summed E-state index contributed by atoms with van der Waals surface area (Å²) in [6.45, 7) is 5.50. The van der Waals surface area contributed by atoms with Gasteiger partial charge in [0.1, 0.15) is 11.4 Å². The number of rotatable bonds is 7. The van der Waals surface area contributed by atoms with Crippen LogP contribution in [0.25, 0.3) is 11.0 Å². The number of carbonyl (C=O) groups is 1. The molecule has 4 rings (SSSR count). The average molecular weight is 471 g/mol. The molecule has 0 bridgehead atoms. The van der Waals surface area contributed by atoms with Gasteiger partial charge in [0.15, 0.2) is 0 Å². The predicted octanol–water partition coefficient (Wildman–Crippen LogP) is 3.62. The van der Waals surface area contributed by atoms with Gasteiger partial charge in [-0.25, -0.2) is 13.4 Å². The maximum atomic E-state index is 13.4. The normalized spacial score (nSPS) is 15.3. The van der Waals surface area contributed by atoms with E-state index in [4.69, 9.17) is 4.74 Å². The molecule has 33 heavy (non-hydrogen) atoms. The Morgan fingerprint density at radius 1 is 1.21 bits per heavy atom. The van der Waals surface area contributed by atoms with Crippen LogP contribution < -0.4 is 4.74 Å². The lowest BCUT2D eigenvalue weighted by Gasteiger charge is -2.32. The fraction of sp³-hybridized carbons (Fsp3) is 0.417. The number of aromatic nitrogens is 2. The van der Waals surface area contributed by atoms with Crippen molar-refractivity contribution in [1.29, 1.82) is 0 Å². The van der Waals surface area contributed by atoms with E-state index in [2.05, 4.69) is 16.0 Å². The van der Waals surface area contributed by atoms with Crippen molar-refractivity contribution in [2.24, 2.45) is 0 Å². The number of likely N-dealkylation sites (tertiary alicyclic amines) is 1. The first kappa shape index (κ1) is 23.3. The number of piperidine rings is 1. The zero-order chi connectivity index (χ0) is 23.6. The van der Waals surface area contributed by atoms with Gasteiger partial charge in [0, 0.05) is 44.0 Å². The lowest BCUT2D eigenvalue weighted by Crippen LogP contribution is -2.38. The largest absolute Gasteiger partial charge is 0.496 e. The van der Waals surface area contributed by atoms with Crippen molar-refractivity contribution in [3.63, 3.8) is 0 Å². The molecule has 0 unspecified atom stereocenters. The third kappa shape index (κ3) is 4.35. The second-order valence-electron chi connectivity index (χ2n) is 8.16. The summed E-state index contributed by atoms with van der Waals surface area (Å²) in [7, 11) is -2.19. The highest BCUT2D eigenvalue weighted by Gasteiger charge is 2.29. The molecule has 0 saturated carbocycles. The van der Waals surface area contributed by atoms with Gasteiger partial charge in [0.2, 0.25) is 10.0 Å². The molecule has 0 aliphatic carbocycles. The number of aromatic amines is 1. The van der Waals surface area contributed by atoms with Gasteiger partial charge in [-0.1, -0.05) is 13.8 Å². The van der Waals surface area contributed by atoms with E-state index in [9.17, 15) is 13.2 Å². The Morgan fingerprint density at radius 3 is 2.61 bits per heavy atom. The number of hydrogen-bond acceptors (Lipinski definition) is 5. The maximum Gasteiger partial charge on any atom is 0.257 e. The second kappa shape index (κ2) is 9.52. The van der Waals surface area contributed by atoms with Gasteiger partial charge in [0.25, 0.3) is 5.91 Å². The highest BCUT2D eigenvalue weighted by atomic mass is 32.2. The number of sulfonamides is 1. The number of fused-ring (bicyclic) bond motifs is 1. The smallest absolute Gasteiger partial charge is 0.257 e. The van der Waals surface area contributed by atoms with Crippen LogP contribution in [-0.2, 0) is 10.0 Å². The molecule has 1 amide bonds. The van der Waals surface area contributed by atoms with E-state index in [0.717, 1.165) is 23.9 Å². The Kier molecular flexibility index (Phi) is 6.71. The van der Waals surface area contributed by atoms with E-state index in [-0.39, 0.29) is 16.4 Å². The number of methoxy groups -OCH3 is 1. The highest BCUT2D eigenvalue weighted by molar-refractivity contribution is 7.89. The third-order valence-corrected chi connectivity index (χ3v) is 8.50. The Hall–Kier alpha value is -2.91. The molecule has 1 saturated heterocycles. The summed E-state index contributed by atoms with van der Waals surface area (Å²) in [4.78, 5) is 22.9. The molecular weight excluding hydrogens is 440 g/mol. The molecule has 176 valence electrons. The first-order valence-electron chi connectivity index (χ1n) is 11.3. The van der Waals surface area contributed by atoms with Gasteiger partial charge >= 0.3 is 0 Å². The zero-order valence-electron chi connectivity index (χ0n) is 19.2. The van der Waals surface area contributed by atoms with Crippen LogP contribution in [0.3, 0.4) is 0 Å². The van der Waals surface area contributed by atoms with Crippen molar-refractivity contribution < 1.29 is 17.9 Å². The van der Waals surface area contributed by atoms with Gasteiger partial charge in [-0.05, 0) is 54.7 Å². The van der Waals surface area contributed by atoms with E-state index in [0.29, 0.717) is 37.8 Å². The van der Waals surface area contributed by atoms with Crippen LogP contribution in [0.1, 0.15) is 48.5 Å². The molecule has 0 atom stereocenters. The first-order chi connectivity index (χ1) is 15.9. The van der Waals surface area contributed by atoms with Crippen LogP contribution in [0.15, 0.2) is 47.6 Å². The van der Waals surface area contributed by atoms with Gasteiger partial charge in [-0.3, -0.25) is 4.79 Å². The second-order valence-corrected chi connectivity index (χ2v) is 10.1. The number of ether oxygens (including phenoxy) is 1. The molecule has 1 aliphatic heterocycles. The van der Waals surface area contributed by atoms with Crippen molar-refractivity contribution in [2.75, 3.05) is 33.3 Å². The molecule has 0 radical (unpaired) electrons. The average Bonchev–Trinajstić information content (AvgIpc) is 3.28. The zero-order valence-corrected chi connectivity index (χ0v) is 20.1. The van der Waals surface area contributed by atoms with Crippen molar-refractivity contribution in [2.45, 2.75) is 37.5 Å². The predicted molar refractivity (Wildman–Crippen MR) is 127 cm³/mol. The first-order valence-corrected chi connectivity index (χ1v) is 12.7. The summed E-state index contributed by atoms with van der Waals surface area (Å²) in [6, 6.07) is 8.52. The van der Waals surface area contributed by atoms with Crippen molar-refractivity contribution in [1.82, 2.24) is 19.2 Å². The van der Waals surface area contributed by atoms with Crippen molar-refractivity contribution >= 4 is 27.0 Å². The minimum Gasteiger partial charge on any atom is -0.496 e. The molecule has 3 heterocycles. The summed E-state index contributed by atoms with van der Waals surface area (Å²) in [5.41, 5.74) is 2.39. The number of hydrogen-bond donors (Lipinski definition) is 1.